The lowest BCUT2D eigenvalue weighted by atomic mass is 9.70. The summed E-state index contributed by atoms with van der Waals surface area (Å²) in [4.78, 5) is 0. The fourth-order valence-corrected chi connectivity index (χ4v) is 3.48. The molecule has 1 saturated heterocycles. The van der Waals surface area contributed by atoms with E-state index in [-0.39, 0.29) is 17.6 Å². The molecule has 2 aliphatic rings. The number of benzene rings is 1. The fraction of sp³-hybridized carbons (Fsp3) is 0.625. The molecule has 3 rings (SSSR count). The molecule has 0 amide bonds. The molecule has 2 nitrogen and oxygen atoms in total. The van der Waals surface area contributed by atoms with Crippen molar-refractivity contribution >= 4 is 0 Å². The summed E-state index contributed by atoms with van der Waals surface area (Å²) >= 11 is 0. The Morgan fingerprint density at radius 3 is 2.70 bits per heavy atom. The zero-order valence-electron chi connectivity index (χ0n) is 11.8. The lowest BCUT2D eigenvalue weighted by molar-refractivity contribution is -0.146. The predicted molar refractivity (Wildman–Crippen MR) is 73.3 cm³/mol. The number of halogens is 2. The van der Waals surface area contributed by atoms with E-state index in [0.717, 1.165) is 31.7 Å². The smallest absolute Gasteiger partial charge is 0.130 e. The molecule has 2 fully saturated rings. The van der Waals surface area contributed by atoms with Crippen LogP contribution in [-0.4, -0.2) is 12.2 Å². The van der Waals surface area contributed by atoms with Crippen LogP contribution in [0.15, 0.2) is 12.1 Å². The minimum absolute atomic E-state index is 0.00785. The number of rotatable bonds is 2. The molecule has 2 unspecified atom stereocenters. The number of hydrogen-bond acceptors (Lipinski definition) is 2. The Hall–Kier alpha value is -1.00. The first-order valence-electron chi connectivity index (χ1n) is 7.36. The van der Waals surface area contributed by atoms with E-state index in [9.17, 15) is 8.78 Å². The van der Waals surface area contributed by atoms with Gasteiger partial charge in [0.05, 0.1) is 5.60 Å². The summed E-state index contributed by atoms with van der Waals surface area (Å²) in [6, 6.07) is 2.12. The highest BCUT2D eigenvalue weighted by atomic mass is 19.1. The van der Waals surface area contributed by atoms with Crippen LogP contribution in [0.5, 0.6) is 0 Å². The zero-order valence-corrected chi connectivity index (χ0v) is 11.8. The maximum atomic E-state index is 14.0. The highest BCUT2D eigenvalue weighted by Gasteiger charge is 2.44. The molecule has 0 bridgehead atoms. The average molecular weight is 281 g/mol. The topological polar surface area (TPSA) is 35.2 Å². The molecule has 1 aliphatic heterocycles. The standard InChI is InChI=1S/C16H21F2NO/c1-10-7-12(14(18)8-13(10)17)15(19)11-3-6-20-16(9-11)4-2-5-16/h7-8,11,15H,2-6,9,19H2,1H3. The van der Waals surface area contributed by atoms with Crippen LogP contribution in [0.2, 0.25) is 0 Å². The molecule has 1 aromatic rings. The molecule has 1 aromatic carbocycles. The Kier molecular flexibility index (Phi) is 3.55. The largest absolute Gasteiger partial charge is 0.375 e. The van der Waals surface area contributed by atoms with E-state index >= 15 is 0 Å². The quantitative estimate of drug-likeness (QED) is 0.898. The molecule has 2 atom stereocenters. The maximum Gasteiger partial charge on any atom is 0.130 e. The molecule has 2 N–H and O–H groups in total. The summed E-state index contributed by atoms with van der Waals surface area (Å²) < 4.78 is 33.2. The van der Waals surface area contributed by atoms with Crippen LogP contribution < -0.4 is 5.73 Å². The van der Waals surface area contributed by atoms with Gasteiger partial charge in [-0.3, -0.25) is 0 Å². The van der Waals surface area contributed by atoms with Crippen molar-refractivity contribution in [3.63, 3.8) is 0 Å². The monoisotopic (exact) mass is 281 g/mol. The second kappa shape index (κ2) is 5.08. The lowest BCUT2D eigenvalue weighted by Crippen LogP contribution is -2.47. The number of aryl methyl sites for hydroxylation is 1. The van der Waals surface area contributed by atoms with E-state index in [1.807, 2.05) is 0 Å². The van der Waals surface area contributed by atoms with E-state index in [4.69, 9.17) is 10.5 Å². The van der Waals surface area contributed by atoms with Crippen molar-refractivity contribution < 1.29 is 13.5 Å². The molecule has 4 heteroatoms. The maximum absolute atomic E-state index is 14.0. The van der Waals surface area contributed by atoms with Gasteiger partial charge in [-0.05, 0) is 56.6 Å². The predicted octanol–water partition coefficient (Wildman–Crippen LogP) is 3.62. The van der Waals surface area contributed by atoms with E-state index in [1.165, 1.54) is 6.42 Å². The average Bonchev–Trinajstić information content (AvgIpc) is 2.40. The lowest BCUT2D eigenvalue weighted by Gasteiger charge is -2.48. The van der Waals surface area contributed by atoms with E-state index < -0.39 is 11.6 Å². The van der Waals surface area contributed by atoms with Gasteiger partial charge < -0.3 is 10.5 Å². The van der Waals surface area contributed by atoms with Crippen molar-refractivity contribution in [1.29, 1.82) is 0 Å². The van der Waals surface area contributed by atoms with Crippen molar-refractivity contribution in [2.24, 2.45) is 11.7 Å². The van der Waals surface area contributed by atoms with Gasteiger partial charge in [-0.2, -0.15) is 0 Å². The van der Waals surface area contributed by atoms with Gasteiger partial charge in [-0.1, -0.05) is 0 Å². The second-order valence-electron chi connectivity index (χ2n) is 6.29. The first kappa shape index (κ1) is 14.0. The van der Waals surface area contributed by atoms with Gasteiger partial charge >= 0.3 is 0 Å². The third kappa shape index (κ3) is 2.35. The van der Waals surface area contributed by atoms with Gasteiger partial charge in [0.15, 0.2) is 0 Å². The van der Waals surface area contributed by atoms with Crippen molar-refractivity contribution in [2.75, 3.05) is 6.61 Å². The van der Waals surface area contributed by atoms with Gasteiger partial charge in [0, 0.05) is 24.3 Å². The minimum Gasteiger partial charge on any atom is -0.375 e. The van der Waals surface area contributed by atoms with Crippen molar-refractivity contribution in [3.8, 4) is 0 Å². The van der Waals surface area contributed by atoms with Crippen LogP contribution in [-0.2, 0) is 4.74 Å². The summed E-state index contributed by atoms with van der Waals surface area (Å²) in [5, 5.41) is 0. The Bertz CT molecular complexity index is 513. The highest BCUT2D eigenvalue weighted by Crippen LogP contribution is 2.46. The van der Waals surface area contributed by atoms with Crippen molar-refractivity contribution in [1.82, 2.24) is 0 Å². The van der Waals surface area contributed by atoms with Crippen LogP contribution >= 0.6 is 0 Å². The van der Waals surface area contributed by atoms with Crippen LogP contribution in [0, 0.1) is 24.5 Å². The second-order valence-corrected chi connectivity index (χ2v) is 6.29. The van der Waals surface area contributed by atoms with Gasteiger partial charge in [0.1, 0.15) is 11.6 Å². The van der Waals surface area contributed by atoms with E-state index in [1.54, 1.807) is 13.0 Å². The van der Waals surface area contributed by atoms with E-state index in [2.05, 4.69) is 0 Å². The normalized spacial score (nSPS) is 26.3. The molecule has 0 radical (unpaired) electrons. The molecule has 1 heterocycles. The summed E-state index contributed by atoms with van der Waals surface area (Å²) in [7, 11) is 0. The van der Waals surface area contributed by atoms with Gasteiger partial charge in [-0.25, -0.2) is 8.78 Å². The SMILES string of the molecule is Cc1cc(C(N)C2CCOC3(CCC3)C2)c(F)cc1F. The fourth-order valence-electron chi connectivity index (χ4n) is 3.48. The molecular formula is C16H21F2NO. The summed E-state index contributed by atoms with van der Waals surface area (Å²) in [6.07, 6.45) is 5.11. The van der Waals surface area contributed by atoms with Crippen LogP contribution in [0.25, 0.3) is 0 Å². The molecule has 1 aliphatic carbocycles. The Morgan fingerprint density at radius 1 is 1.30 bits per heavy atom. The van der Waals surface area contributed by atoms with Gasteiger partial charge in [0.25, 0.3) is 0 Å². The van der Waals surface area contributed by atoms with Crippen molar-refractivity contribution in [3.05, 3.63) is 34.9 Å². The Morgan fingerprint density at radius 2 is 2.05 bits per heavy atom. The van der Waals surface area contributed by atoms with Gasteiger partial charge in [0.2, 0.25) is 0 Å². The molecule has 0 aromatic heterocycles. The molecular weight excluding hydrogens is 260 g/mol. The summed E-state index contributed by atoms with van der Waals surface area (Å²) in [5.74, 6) is -0.834. The summed E-state index contributed by atoms with van der Waals surface area (Å²) in [6.45, 7) is 2.34. The molecule has 20 heavy (non-hydrogen) atoms. The Balaban J connectivity index is 1.81. The zero-order chi connectivity index (χ0) is 14.3. The first-order valence-corrected chi connectivity index (χ1v) is 7.36. The van der Waals surface area contributed by atoms with E-state index in [0.29, 0.717) is 17.7 Å². The third-order valence-corrected chi connectivity index (χ3v) is 4.94. The minimum atomic E-state index is -0.533. The first-order chi connectivity index (χ1) is 9.51. The van der Waals surface area contributed by atoms with Crippen LogP contribution in [0.1, 0.15) is 49.3 Å². The van der Waals surface area contributed by atoms with Gasteiger partial charge in [-0.15, -0.1) is 0 Å². The summed E-state index contributed by atoms with van der Waals surface area (Å²) in [5.41, 5.74) is 7.15. The third-order valence-electron chi connectivity index (χ3n) is 4.94. The number of hydrogen-bond donors (Lipinski definition) is 1. The highest BCUT2D eigenvalue weighted by molar-refractivity contribution is 5.28. The Labute approximate surface area is 118 Å². The van der Waals surface area contributed by atoms with Crippen LogP contribution in [0.4, 0.5) is 8.78 Å². The molecule has 110 valence electrons. The number of ether oxygens (including phenoxy) is 1. The number of nitrogens with two attached hydrogens (primary N) is 1. The van der Waals surface area contributed by atoms with Crippen molar-refractivity contribution in [2.45, 2.75) is 50.7 Å². The van der Waals surface area contributed by atoms with Crippen LogP contribution in [0.3, 0.4) is 0 Å². The molecule has 1 spiro atoms. The molecule has 1 saturated carbocycles.